The SMILES string of the molecule is CCNC(=NCC(C)N1CCOCC1)N1CCC(C(=O)OC)CC1. The number of carbonyl (C=O) groups excluding carboxylic acids is 1. The summed E-state index contributed by atoms with van der Waals surface area (Å²) in [5.74, 6) is 0.903. The molecule has 0 amide bonds. The highest BCUT2D eigenvalue weighted by atomic mass is 16.5. The van der Waals surface area contributed by atoms with E-state index >= 15 is 0 Å². The van der Waals surface area contributed by atoms with Crippen LogP contribution in [0.4, 0.5) is 0 Å². The summed E-state index contributed by atoms with van der Waals surface area (Å²) < 4.78 is 10.3. The predicted molar refractivity (Wildman–Crippen MR) is 94.1 cm³/mol. The molecular weight excluding hydrogens is 308 g/mol. The second-order valence-electron chi connectivity index (χ2n) is 6.48. The van der Waals surface area contributed by atoms with Gasteiger partial charge in [0.2, 0.25) is 0 Å². The van der Waals surface area contributed by atoms with Crippen LogP contribution in [0.15, 0.2) is 4.99 Å². The van der Waals surface area contributed by atoms with Gasteiger partial charge in [-0.2, -0.15) is 0 Å². The Bertz CT molecular complexity index is 416. The third-order valence-electron chi connectivity index (χ3n) is 4.84. The molecule has 2 saturated heterocycles. The summed E-state index contributed by atoms with van der Waals surface area (Å²) in [4.78, 5) is 21.2. The fraction of sp³-hybridized carbons (Fsp3) is 0.882. The molecule has 1 unspecified atom stereocenters. The molecule has 138 valence electrons. The molecule has 0 bridgehead atoms. The fourth-order valence-electron chi connectivity index (χ4n) is 3.27. The molecule has 0 aromatic rings. The summed E-state index contributed by atoms with van der Waals surface area (Å²) in [5.41, 5.74) is 0. The van der Waals surface area contributed by atoms with Crippen LogP contribution in [0.2, 0.25) is 0 Å². The zero-order valence-corrected chi connectivity index (χ0v) is 15.3. The van der Waals surface area contributed by atoms with E-state index in [1.807, 2.05) is 0 Å². The van der Waals surface area contributed by atoms with Crippen molar-refractivity contribution < 1.29 is 14.3 Å². The topological polar surface area (TPSA) is 66.4 Å². The number of nitrogens with one attached hydrogen (secondary N) is 1. The molecule has 2 fully saturated rings. The molecule has 7 nitrogen and oxygen atoms in total. The van der Waals surface area contributed by atoms with Crippen LogP contribution < -0.4 is 5.32 Å². The van der Waals surface area contributed by atoms with Crippen molar-refractivity contribution in [2.45, 2.75) is 32.7 Å². The first kappa shape index (κ1) is 19.0. The van der Waals surface area contributed by atoms with Gasteiger partial charge in [0.25, 0.3) is 0 Å². The Morgan fingerprint density at radius 1 is 1.29 bits per heavy atom. The molecule has 2 rings (SSSR count). The number of nitrogens with zero attached hydrogens (tertiary/aromatic N) is 3. The zero-order valence-electron chi connectivity index (χ0n) is 15.3. The van der Waals surface area contributed by atoms with Crippen LogP contribution in [0.3, 0.4) is 0 Å². The highest BCUT2D eigenvalue weighted by Gasteiger charge is 2.27. The minimum atomic E-state index is -0.0856. The molecular formula is C17H32N4O3. The van der Waals surface area contributed by atoms with Crippen molar-refractivity contribution in [2.75, 3.05) is 59.6 Å². The van der Waals surface area contributed by atoms with Gasteiger partial charge in [0.15, 0.2) is 5.96 Å². The lowest BCUT2D eigenvalue weighted by molar-refractivity contribution is -0.146. The first-order chi connectivity index (χ1) is 11.7. The van der Waals surface area contributed by atoms with E-state index in [0.717, 1.165) is 71.3 Å². The average Bonchev–Trinajstić information content (AvgIpc) is 2.65. The van der Waals surface area contributed by atoms with Gasteiger partial charge < -0.3 is 19.7 Å². The van der Waals surface area contributed by atoms with E-state index in [0.29, 0.717) is 6.04 Å². The van der Waals surface area contributed by atoms with Crippen molar-refractivity contribution >= 4 is 11.9 Å². The number of rotatable bonds is 5. The standard InChI is InChI=1S/C17H32N4O3/c1-4-18-17(19-13-14(2)20-9-11-24-12-10-20)21-7-5-15(6-8-21)16(22)23-3/h14-15H,4-13H2,1-3H3,(H,18,19). The summed E-state index contributed by atoms with van der Waals surface area (Å²) in [6, 6.07) is 0.412. The van der Waals surface area contributed by atoms with E-state index in [9.17, 15) is 4.79 Å². The lowest BCUT2D eigenvalue weighted by atomic mass is 9.97. The normalized spacial score (nSPS) is 22.3. The molecule has 0 aromatic heterocycles. The highest BCUT2D eigenvalue weighted by molar-refractivity contribution is 5.80. The Balaban J connectivity index is 1.87. The van der Waals surface area contributed by atoms with Gasteiger partial charge in [0.05, 0.1) is 32.8 Å². The van der Waals surface area contributed by atoms with Crippen LogP contribution in [-0.2, 0) is 14.3 Å². The Hall–Kier alpha value is -1.34. The first-order valence-corrected chi connectivity index (χ1v) is 9.08. The molecule has 1 N–H and O–H groups in total. The number of esters is 1. The molecule has 2 heterocycles. The third-order valence-corrected chi connectivity index (χ3v) is 4.84. The van der Waals surface area contributed by atoms with Crippen LogP contribution in [0.1, 0.15) is 26.7 Å². The summed E-state index contributed by atoms with van der Waals surface area (Å²) >= 11 is 0. The van der Waals surface area contributed by atoms with E-state index in [4.69, 9.17) is 14.5 Å². The maximum atomic E-state index is 11.7. The molecule has 2 aliphatic rings. The number of morpholine rings is 1. The number of piperidine rings is 1. The van der Waals surface area contributed by atoms with Gasteiger partial charge >= 0.3 is 5.97 Å². The van der Waals surface area contributed by atoms with E-state index in [-0.39, 0.29) is 11.9 Å². The number of hydrogen-bond donors (Lipinski definition) is 1. The molecule has 0 radical (unpaired) electrons. The smallest absolute Gasteiger partial charge is 0.308 e. The van der Waals surface area contributed by atoms with Crippen LogP contribution in [0.5, 0.6) is 0 Å². The second-order valence-corrected chi connectivity index (χ2v) is 6.48. The predicted octanol–water partition coefficient (Wildman–Crippen LogP) is 0.558. The largest absolute Gasteiger partial charge is 0.469 e. The monoisotopic (exact) mass is 340 g/mol. The summed E-state index contributed by atoms with van der Waals surface area (Å²) in [5, 5.41) is 3.39. The number of ether oxygens (including phenoxy) is 2. The van der Waals surface area contributed by atoms with Crippen LogP contribution in [0, 0.1) is 5.92 Å². The number of carbonyl (C=O) groups is 1. The number of likely N-dealkylation sites (tertiary alicyclic amines) is 1. The van der Waals surface area contributed by atoms with Crippen molar-refractivity contribution in [2.24, 2.45) is 10.9 Å². The molecule has 7 heteroatoms. The lowest BCUT2D eigenvalue weighted by Crippen LogP contribution is -2.48. The van der Waals surface area contributed by atoms with Gasteiger partial charge in [-0.05, 0) is 26.7 Å². The van der Waals surface area contributed by atoms with Gasteiger partial charge in [0.1, 0.15) is 0 Å². The Kier molecular flexibility index (Phi) is 7.78. The zero-order chi connectivity index (χ0) is 17.4. The summed E-state index contributed by atoms with van der Waals surface area (Å²) in [7, 11) is 1.47. The van der Waals surface area contributed by atoms with Crippen molar-refractivity contribution in [3.05, 3.63) is 0 Å². The van der Waals surface area contributed by atoms with E-state index in [1.165, 1.54) is 7.11 Å². The Morgan fingerprint density at radius 2 is 1.96 bits per heavy atom. The van der Waals surface area contributed by atoms with Crippen LogP contribution >= 0.6 is 0 Å². The number of guanidine groups is 1. The van der Waals surface area contributed by atoms with E-state index < -0.39 is 0 Å². The second kappa shape index (κ2) is 9.84. The summed E-state index contributed by atoms with van der Waals surface area (Å²) in [6.07, 6.45) is 1.66. The van der Waals surface area contributed by atoms with E-state index in [1.54, 1.807) is 0 Å². The molecule has 24 heavy (non-hydrogen) atoms. The quantitative estimate of drug-likeness (QED) is 0.448. The fourth-order valence-corrected chi connectivity index (χ4v) is 3.27. The Morgan fingerprint density at radius 3 is 2.54 bits per heavy atom. The number of methoxy groups -OCH3 is 1. The van der Waals surface area contributed by atoms with Crippen molar-refractivity contribution in [3.63, 3.8) is 0 Å². The average molecular weight is 340 g/mol. The molecule has 0 aromatic carbocycles. The maximum absolute atomic E-state index is 11.7. The minimum absolute atomic E-state index is 0.0291. The number of aliphatic imine (C=N–C) groups is 1. The lowest BCUT2D eigenvalue weighted by Gasteiger charge is -2.34. The molecule has 1 atom stereocenters. The van der Waals surface area contributed by atoms with Gasteiger partial charge in [-0.15, -0.1) is 0 Å². The van der Waals surface area contributed by atoms with Gasteiger partial charge in [-0.3, -0.25) is 14.7 Å². The maximum Gasteiger partial charge on any atom is 0.308 e. The third kappa shape index (κ3) is 5.34. The Labute approximate surface area is 145 Å². The first-order valence-electron chi connectivity index (χ1n) is 9.08. The van der Waals surface area contributed by atoms with Gasteiger partial charge in [-0.25, -0.2) is 0 Å². The van der Waals surface area contributed by atoms with Crippen molar-refractivity contribution in [1.29, 1.82) is 0 Å². The summed E-state index contributed by atoms with van der Waals surface area (Å²) in [6.45, 7) is 11.2. The minimum Gasteiger partial charge on any atom is -0.469 e. The number of hydrogen-bond acceptors (Lipinski definition) is 5. The van der Waals surface area contributed by atoms with Crippen molar-refractivity contribution in [3.8, 4) is 0 Å². The molecule has 0 aliphatic carbocycles. The van der Waals surface area contributed by atoms with Crippen molar-refractivity contribution in [1.82, 2.24) is 15.1 Å². The van der Waals surface area contributed by atoms with Gasteiger partial charge in [0, 0.05) is 38.8 Å². The van der Waals surface area contributed by atoms with Crippen LogP contribution in [0.25, 0.3) is 0 Å². The van der Waals surface area contributed by atoms with Crippen LogP contribution in [-0.4, -0.2) is 87.4 Å². The molecule has 0 saturated carbocycles. The molecule has 2 aliphatic heterocycles. The molecule has 0 spiro atoms. The van der Waals surface area contributed by atoms with E-state index in [2.05, 4.69) is 29.0 Å². The van der Waals surface area contributed by atoms with Gasteiger partial charge in [-0.1, -0.05) is 0 Å². The highest BCUT2D eigenvalue weighted by Crippen LogP contribution is 2.18.